The molecule has 13 heteroatoms. The van der Waals surface area contributed by atoms with Crippen LogP contribution in [0.15, 0.2) is 59.5 Å². The Morgan fingerprint density at radius 2 is 1.60 bits per heavy atom. The highest BCUT2D eigenvalue weighted by atomic mass is 35.5. The van der Waals surface area contributed by atoms with Crippen LogP contribution in [0.4, 0.5) is 14.5 Å². The second-order valence-corrected chi connectivity index (χ2v) is 10.0. The second kappa shape index (κ2) is 10.8. The minimum Gasteiger partial charge on any atom is -0.480 e. The van der Waals surface area contributed by atoms with E-state index in [1.165, 1.54) is 24.3 Å². The average molecular weight is 564 g/mol. The summed E-state index contributed by atoms with van der Waals surface area (Å²) in [5.41, 5.74) is -0.300. The number of sulfonamides is 1. The summed E-state index contributed by atoms with van der Waals surface area (Å²) in [4.78, 5) is 23.4. The molecule has 1 atom stereocenters. The number of hydrogen-bond donors (Lipinski definition) is 3. The fourth-order valence-electron chi connectivity index (χ4n) is 3.07. The van der Waals surface area contributed by atoms with E-state index in [-0.39, 0.29) is 27.1 Å². The summed E-state index contributed by atoms with van der Waals surface area (Å²) in [7, 11) is -4.83. The summed E-state index contributed by atoms with van der Waals surface area (Å²) in [5.74, 6) is -5.06. The van der Waals surface area contributed by atoms with Gasteiger partial charge in [0.15, 0.2) is 4.90 Å². The fraction of sp³-hybridized carbons (Fsp3) is 0.0909. The number of rotatable bonds is 8. The molecule has 0 bridgehead atoms. The minimum absolute atomic E-state index is 0.00107. The van der Waals surface area contributed by atoms with Gasteiger partial charge in [0.2, 0.25) is 0 Å². The van der Waals surface area contributed by atoms with E-state index in [1.54, 1.807) is 0 Å². The topological polar surface area (TPSA) is 113 Å². The quantitative estimate of drug-likeness (QED) is 0.351. The molecule has 1 amide bonds. The fourth-order valence-corrected chi connectivity index (χ4v) is 4.78. The zero-order chi connectivity index (χ0) is 25.9. The Hall–Kier alpha value is -2.92. The molecule has 0 saturated heterocycles. The molecule has 0 radical (unpaired) electrons. The minimum atomic E-state index is -4.83. The largest absolute Gasteiger partial charge is 0.480 e. The molecule has 3 N–H and O–H groups in total. The zero-order valence-electron chi connectivity index (χ0n) is 17.4. The lowest BCUT2D eigenvalue weighted by atomic mass is 10.1. The maximum absolute atomic E-state index is 14.1. The Bertz CT molecular complexity index is 1400. The van der Waals surface area contributed by atoms with E-state index < -0.39 is 50.2 Å². The van der Waals surface area contributed by atoms with E-state index in [4.69, 9.17) is 34.8 Å². The summed E-state index contributed by atoms with van der Waals surface area (Å²) in [6.45, 7) is 0. The third kappa shape index (κ3) is 6.40. The number of carboxylic acids is 1. The number of nitrogens with one attached hydrogen (secondary N) is 2. The number of benzene rings is 3. The first-order valence-electron chi connectivity index (χ1n) is 9.63. The van der Waals surface area contributed by atoms with E-state index >= 15 is 0 Å². The lowest BCUT2D eigenvalue weighted by Crippen LogP contribution is -2.42. The molecule has 0 aliphatic rings. The Morgan fingerprint density at radius 3 is 2.20 bits per heavy atom. The van der Waals surface area contributed by atoms with E-state index in [1.807, 2.05) is 4.72 Å². The smallest absolute Gasteiger partial charge is 0.326 e. The number of amides is 1. The maximum atomic E-state index is 14.1. The molecule has 35 heavy (non-hydrogen) atoms. The molecular weight excluding hydrogens is 549 g/mol. The number of carbonyl (C=O) groups is 2. The Balaban J connectivity index is 1.91. The number of carbonyl (C=O) groups excluding carboxylic acids is 1. The summed E-state index contributed by atoms with van der Waals surface area (Å²) >= 11 is 17.7. The van der Waals surface area contributed by atoms with Crippen molar-refractivity contribution in [3.8, 4) is 0 Å². The van der Waals surface area contributed by atoms with Crippen molar-refractivity contribution in [3.63, 3.8) is 0 Å². The summed E-state index contributed by atoms with van der Waals surface area (Å²) in [6.07, 6.45) is -0.174. The molecule has 3 aromatic rings. The van der Waals surface area contributed by atoms with Crippen LogP contribution in [-0.4, -0.2) is 31.4 Å². The van der Waals surface area contributed by atoms with Gasteiger partial charge in [-0.05, 0) is 48.0 Å². The van der Waals surface area contributed by atoms with Gasteiger partial charge in [-0.2, -0.15) is 0 Å². The standard InChI is InChI=1S/C22H15Cl3F2N2O5S/c23-12-5-6-13(18(10-12)29-35(33,34)20-16(26)2-1-3-17(20)27)21(30)28-19(22(31)32)9-11-4-7-14(24)15(25)8-11/h1-8,10,19,29H,9H2,(H,28,30)(H,31,32). The third-order valence-electron chi connectivity index (χ3n) is 4.69. The SMILES string of the molecule is O=C(NC(Cc1ccc(Cl)c(Cl)c1)C(=O)O)c1ccc(Cl)cc1NS(=O)(=O)c1c(F)cccc1F. The molecule has 0 aliphatic heterocycles. The predicted octanol–water partition coefficient (Wildman–Crippen LogP) is 5.15. The normalized spacial score (nSPS) is 12.1. The summed E-state index contributed by atoms with van der Waals surface area (Å²) in [6, 6.07) is 8.92. The van der Waals surface area contributed by atoms with Crippen molar-refractivity contribution in [2.45, 2.75) is 17.4 Å². The van der Waals surface area contributed by atoms with Crippen LogP contribution in [0.2, 0.25) is 15.1 Å². The van der Waals surface area contributed by atoms with Crippen molar-refractivity contribution >= 4 is 62.4 Å². The molecule has 0 heterocycles. The molecule has 0 aliphatic carbocycles. The first kappa shape index (κ1) is 26.7. The van der Waals surface area contributed by atoms with Gasteiger partial charge in [-0.15, -0.1) is 0 Å². The van der Waals surface area contributed by atoms with Gasteiger partial charge in [-0.3, -0.25) is 9.52 Å². The highest BCUT2D eigenvalue weighted by Gasteiger charge is 2.27. The van der Waals surface area contributed by atoms with E-state index in [0.717, 1.165) is 30.3 Å². The molecular formula is C22H15Cl3F2N2O5S. The van der Waals surface area contributed by atoms with Gasteiger partial charge >= 0.3 is 5.97 Å². The lowest BCUT2D eigenvalue weighted by Gasteiger charge is -2.18. The molecule has 7 nitrogen and oxygen atoms in total. The monoisotopic (exact) mass is 562 g/mol. The van der Waals surface area contributed by atoms with Crippen molar-refractivity contribution in [1.82, 2.24) is 5.32 Å². The van der Waals surface area contributed by atoms with Gasteiger partial charge in [0.1, 0.15) is 17.7 Å². The molecule has 0 fully saturated rings. The van der Waals surface area contributed by atoms with Crippen molar-refractivity contribution in [2.75, 3.05) is 4.72 Å². The third-order valence-corrected chi connectivity index (χ3v) is 7.08. The Labute approximate surface area is 213 Å². The number of aliphatic carboxylic acids is 1. The van der Waals surface area contributed by atoms with Crippen molar-refractivity contribution in [3.05, 3.63) is 92.4 Å². The van der Waals surface area contributed by atoms with Gasteiger partial charge in [0, 0.05) is 11.4 Å². The van der Waals surface area contributed by atoms with Gasteiger partial charge in [-0.1, -0.05) is 46.9 Å². The molecule has 3 rings (SSSR count). The van der Waals surface area contributed by atoms with Gasteiger partial charge < -0.3 is 10.4 Å². The Morgan fingerprint density at radius 1 is 0.943 bits per heavy atom. The van der Waals surface area contributed by atoms with Crippen LogP contribution in [0.25, 0.3) is 0 Å². The van der Waals surface area contributed by atoms with E-state index in [2.05, 4.69) is 5.32 Å². The van der Waals surface area contributed by atoms with Crippen molar-refractivity contribution in [2.24, 2.45) is 0 Å². The first-order valence-corrected chi connectivity index (χ1v) is 12.2. The summed E-state index contributed by atoms with van der Waals surface area (Å²) in [5, 5.41) is 12.3. The van der Waals surface area contributed by atoms with E-state index in [0.29, 0.717) is 5.56 Å². The molecule has 0 saturated carbocycles. The highest BCUT2D eigenvalue weighted by Crippen LogP contribution is 2.27. The van der Waals surface area contributed by atoms with Gasteiger partial charge in [0.05, 0.1) is 21.3 Å². The van der Waals surface area contributed by atoms with Crippen LogP contribution in [0, 0.1) is 11.6 Å². The zero-order valence-corrected chi connectivity index (χ0v) is 20.4. The van der Waals surface area contributed by atoms with Crippen LogP contribution >= 0.6 is 34.8 Å². The van der Waals surface area contributed by atoms with Crippen LogP contribution < -0.4 is 10.0 Å². The highest BCUT2D eigenvalue weighted by molar-refractivity contribution is 7.92. The van der Waals surface area contributed by atoms with Gasteiger partial charge in [-0.25, -0.2) is 22.0 Å². The van der Waals surface area contributed by atoms with Crippen LogP contribution in [0.3, 0.4) is 0 Å². The predicted molar refractivity (Wildman–Crippen MR) is 128 cm³/mol. The van der Waals surface area contributed by atoms with Gasteiger partial charge in [0.25, 0.3) is 15.9 Å². The number of halogens is 5. The number of hydrogen-bond acceptors (Lipinski definition) is 4. The van der Waals surface area contributed by atoms with Crippen LogP contribution in [-0.2, 0) is 21.2 Å². The number of carboxylic acid groups (broad SMARTS) is 1. The van der Waals surface area contributed by atoms with Crippen molar-refractivity contribution in [1.29, 1.82) is 0 Å². The molecule has 184 valence electrons. The van der Waals surface area contributed by atoms with Crippen LogP contribution in [0.1, 0.15) is 15.9 Å². The Kier molecular flexibility index (Phi) is 8.22. The molecule has 0 spiro atoms. The molecule has 1 unspecified atom stereocenters. The summed E-state index contributed by atoms with van der Waals surface area (Å²) < 4.78 is 55.4. The number of anilines is 1. The average Bonchev–Trinajstić information content (AvgIpc) is 2.75. The lowest BCUT2D eigenvalue weighted by molar-refractivity contribution is -0.139. The molecule has 3 aromatic carbocycles. The maximum Gasteiger partial charge on any atom is 0.326 e. The van der Waals surface area contributed by atoms with Crippen LogP contribution in [0.5, 0.6) is 0 Å². The van der Waals surface area contributed by atoms with Crippen molar-refractivity contribution < 1.29 is 31.9 Å². The first-order chi connectivity index (χ1) is 16.4. The van der Waals surface area contributed by atoms with E-state index in [9.17, 15) is 31.9 Å². The molecule has 0 aromatic heterocycles. The second-order valence-electron chi connectivity index (χ2n) is 7.16.